The minimum Gasteiger partial charge on any atom is -0.311 e. The summed E-state index contributed by atoms with van der Waals surface area (Å²) in [5, 5.41) is 0. The second-order valence-electron chi connectivity index (χ2n) is 20.0. The van der Waals surface area contributed by atoms with Crippen LogP contribution in [0.4, 0.5) is 34.1 Å². The van der Waals surface area contributed by atoms with Crippen LogP contribution in [0.25, 0.3) is 11.1 Å². The van der Waals surface area contributed by atoms with Gasteiger partial charge in [0.05, 0.1) is 5.69 Å². The normalized spacial score (nSPS) is 24.7. The van der Waals surface area contributed by atoms with Crippen LogP contribution in [0, 0.1) is 23.7 Å². The van der Waals surface area contributed by atoms with E-state index in [-0.39, 0.29) is 5.41 Å². The highest BCUT2D eigenvalue weighted by Gasteiger charge is 2.58. The molecule has 0 saturated heterocycles. The molecule has 7 aromatic carbocycles. The summed E-state index contributed by atoms with van der Waals surface area (Å²) in [5.74, 6) is 3.77. The number of hydrogen-bond acceptors (Lipinski definition) is 2. The number of para-hydroxylation sites is 2. The molecule has 6 aliphatic rings. The van der Waals surface area contributed by atoms with Crippen molar-refractivity contribution in [2.24, 2.45) is 23.7 Å². The van der Waals surface area contributed by atoms with Gasteiger partial charge in [0.2, 0.25) is 0 Å². The molecule has 0 radical (unpaired) electrons. The second kappa shape index (κ2) is 15.6. The Balaban J connectivity index is 0.976. The minimum atomic E-state index is -1.15. The van der Waals surface area contributed by atoms with Crippen molar-refractivity contribution >= 4 is 44.2 Å². The van der Waals surface area contributed by atoms with Crippen LogP contribution in [0.5, 0.6) is 0 Å². The molecule has 0 amide bonds. The highest BCUT2D eigenvalue weighted by Crippen LogP contribution is 2.69. The summed E-state index contributed by atoms with van der Waals surface area (Å²) in [6, 6.07) is 67.7. The van der Waals surface area contributed by atoms with Crippen LogP contribution in [-0.2, 0) is 5.41 Å². The van der Waals surface area contributed by atoms with E-state index in [9.17, 15) is 0 Å². The Bertz CT molecular complexity index is 2660. The average Bonchev–Trinajstić information content (AvgIpc) is 3.57. The Hall–Kier alpha value is -5.51. The lowest BCUT2D eigenvalue weighted by Gasteiger charge is -2.62. The number of nitrogens with zero attached hydrogens (tertiary/aromatic N) is 2. The van der Waals surface area contributed by atoms with Crippen LogP contribution in [0.3, 0.4) is 0 Å². The SMILES string of the molecule is CS1(C)c2ccccc2-c2c(N(c3ccc(C4CCCCC4)cc3)c3ccc(C4(c5ccc(N(c6ccccc6)c6ccccc6)cc5)C5CC6CC(C5)CC4C6)cc3)cccc21. The lowest BCUT2D eigenvalue weighted by atomic mass is 9.42. The molecule has 5 saturated carbocycles. The molecule has 3 heteroatoms. The molecule has 0 atom stereocenters. The van der Waals surface area contributed by atoms with Gasteiger partial charge in [-0.15, -0.1) is 0 Å². The predicted molar refractivity (Wildman–Crippen MR) is 267 cm³/mol. The lowest BCUT2D eigenvalue weighted by Crippen LogP contribution is -2.56. The highest BCUT2D eigenvalue weighted by molar-refractivity contribution is 8.33. The predicted octanol–water partition coefficient (Wildman–Crippen LogP) is 16.9. The Morgan fingerprint density at radius 2 is 0.905 bits per heavy atom. The van der Waals surface area contributed by atoms with Crippen molar-refractivity contribution in [2.75, 3.05) is 22.3 Å². The van der Waals surface area contributed by atoms with Crippen molar-refractivity contribution in [3.05, 3.63) is 193 Å². The summed E-state index contributed by atoms with van der Waals surface area (Å²) in [6.45, 7) is 0. The lowest BCUT2D eigenvalue weighted by molar-refractivity contribution is -0.0418. The molecule has 63 heavy (non-hydrogen) atoms. The zero-order valence-electron chi connectivity index (χ0n) is 37.0. The maximum atomic E-state index is 2.59. The molecule has 5 aliphatic carbocycles. The van der Waals surface area contributed by atoms with Crippen LogP contribution >= 0.6 is 10.0 Å². The fourth-order valence-electron chi connectivity index (χ4n) is 13.8. The highest BCUT2D eigenvalue weighted by atomic mass is 32.3. The average molecular weight is 841 g/mol. The van der Waals surface area contributed by atoms with Crippen molar-refractivity contribution < 1.29 is 0 Å². The van der Waals surface area contributed by atoms with Gasteiger partial charge in [0.1, 0.15) is 0 Å². The van der Waals surface area contributed by atoms with Gasteiger partial charge in [-0.25, -0.2) is 0 Å². The van der Waals surface area contributed by atoms with Crippen LogP contribution < -0.4 is 9.80 Å². The standard InChI is InChI=1S/C60H60N2S/c1-63(2)57-23-13-12-21-55(57)59-56(22-14-24-58(59)63)62(53-31-25-45(26-32-53)44-15-6-3-7-16-44)54-35-29-47(30-36-54)60(48-38-42-37-43(40-48)41-49(60)39-42)46-27-33-52(34-28-46)61(50-17-8-4-9-18-50)51-19-10-5-11-20-51/h4-5,8-14,17-36,42-44,48-49H,3,6-7,15-16,37-41H2,1-2H3. The topological polar surface area (TPSA) is 6.48 Å². The van der Waals surface area contributed by atoms with Crippen LogP contribution in [0.1, 0.15) is 86.8 Å². The van der Waals surface area contributed by atoms with Gasteiger partial charge in [-0.3, -0.25) is 0 Å². The van der Waals surface area contributed by atoms with E-state index in [4.69, 9.17) is 0 Å². The smallest absolute Gasteiger partial charge is 0.0551 e. The summed E-state index contributed by atoms with van der Waals surface area (Å²) >= 11 is 0. The Kier molecular flexibility index (Phi) is 9.70. The molecule has 0 spiro atoms. The van der Waals surface area contributed by atoms with Gasteiger partial charge in [0.25, 0.3) is 0 Å². The van der Waals surface area contributed by atoms with E-state index in [1.54, 1.807) is 0 Å². The van der Waals surface area contributed by atoms with E-state index < -0.39 is 10.0 Å². The number of fused-ring (bicyclic) bond motifs is 3. The maximum Gasteiger partial charge on any atom is 0.0551 e. The summed E-state index contributed by atoms with van der Waals surface area (Å²) in [4.78, 5) is 7.99. The molecule has 7 aromatic rings. The van der Waals surface area contributed by atoms with Gasteiger partial charge >= 0.3 is 0 Å². The molecule has 0 aromatic heterocycles. The van der Waals surface area contributed by atoms with Crippen molar-refractivity contribution in [2.45, 2.75) is 85.3 Å². The Morgan fingerprint density at radius 1 is 0.429 bits per heavy atom. The monoisotopic (exact) mass is 840 g/mol. The quantitative estimate of drug-likeness (QED) is 0.143. The zero-order chi connectivity index (χ0) is 42.1. The molecule has 4 bridgehead atoms. The van der Waals surface area contributed by atoms with Gasteiger partial charge in [-0.1, -0.05) is 116 Å². The molecule has 316 valence electrons. The Labute approximate surface area is 377 Å². The largest absolute Gasteiger partial charge is 0.311 e. The molecule has 1 aliphatic heterocycles. The fourth-order valence-corrected chi connectivity index (χ4v) is 16.3. The number of anilines is 6. The van der Waals surface area contributed by atoms with E-state index >= 15 is 0 Å². The third-order valence-electron chi connectivity index (χ3n) is 16.4. The molecule has 1 heterocycles. The summed E-state index contributed by atoms with van der Waals surface area (Å²) in [7, 11) is -1.15. The first-order valence-electron chi connectivity index (χ1n) is 23.9. The van der Waals surface area contributed by atoms with Crippen molar-refractivity contribution in [3.8, 4) is 11.1 Å². The van der Waals surface area contributed by atoms with E-state index in [0.717, 1.165) is 11.8 Å². The minimum absolute atomic E-state index is 0.00158. The van der Waals surface area contributed by atoms with Crippen molar-refractivity contribution in [1.82, 2.24) is 0 Å². The summed E-state index contributed by atoms with van der Waals surface area (Å²) < 4.78 is 0. The van der Waals surface area contributed by atoms with E-state index in [1.165, 1.54) is 136 Å². The molecule has 0 N–H and O–H groups in total. The third kappa shape index (κ3) is 6.43. The van der Waals surface area contributed by atoms with E-state index in [2.05, 4.69) is 198 Å². The molecule has 5 fully saturated rings. The molecule has 2 nitrogen and oxygen atoms in total. The molecular formula is C60H60N2S. The summed E-state index contributed by atoms with van der Waals surface area (Å²) in [6.07, 6.45) is 18.5. The zero-order valence-corrected chi connectivity index (χ0v) is 37.8. The maximum absolute atomic E-state index is 2.59. The van der Waals surface area contributed by atoms with Crippen LogP contribution in [-0.4, -0.2) is 12.5 Å². The first-order chi connectivity index (χ1) is 31.0. The first-order valence-corrected chi connectivity index (χ1v) is 26.4. The fraction of sp³-hybridized carbons (Fsp3) is 0.300. The van der Waals surface area contributed by atoms with Gasteiger partial charge in [0.15, 0.2) is 0 Å². The van der Waals surface area contributed by atoms with E-state index in [0.29, 0.717) is 17.8 Å². The van der Waals surface area contributed by atoms with Crippen molar-refractivity contribution in [1.29, 1.82) is 0 Å². The van der Waals surface area contributed by atoms with Gasteiger partial charge in [-0.05, 0) is 188 Å². The molecule has 0 unspecified atom stereocenters. The Morgan fingerprint density at radius 3 is 1.48 bits per heavy atom. The number of benzene rings is 7. The molecular weight excluding hydrogens is 781 g/mol. The number of hydrogen-bond donors (Lipinski definition) is 0. The van der Waals surface area contributed by atoms with Crippen LogP contribution in [0.15, 0.2) is 186 Å². The van der Waals surface area contributed by atoms with Crippen molar-refractivity contribution in [3.63, 3.8) is 0 Å². The van der Waals surface area contributed by atoms with Gasteiger partial charge < -0.3 is 9.80 Å². The first kappa shape index (κ1) is 39.1. The number of rotatable bonds is 9. The van der Waals surface area contributed by atoms with Gasteiger partial charge in [0, 0.05) is 49.2 Å². The summed E-state index contributed by atoms with van der Waals surface area (Å²) in [5.41, 5.74) is 14.7. The van der Waals surface area contributed by atoms with E-state index in [1.807, 2.05) is 0 Å². The third-order valence-corrected chi connectivity index (χ3v) is 19.3. The molecule has 13 rings (SSSR count). The van der Waals surface area contributed by atoms with Crippen LogP contribution in [0.2, 0.25) is 0 Å². The second-order valence-corrected chi connectivity index (χ2v) is 23.5. The van der Waals surface area contributed by atoms with Gasteiger partial charge in [-0.2, -0.15) is 10.0 Å².